The Kier molecular flexibility index (Phi) is 6.37. The van der Waals surface area contributed by atoms with E-state index in [4.69, 9.17) is 4.74 Å². The second-order valence-corrected chi connectivity index (χ2v) is 6.59. The number of likely N-dealkylation sites (tertiary alicyclic amines) is 1. The molecule has 3 nitrogen and oxygen atoms in total. The molecule has 0 aliphatic carbocycles. The molecule has 21 heavy (non-hydrogen) atoms. The maximum absolute atomic E-state index is 10.0. The summed E-state index contributed by atoms with van der Waals surface area (Å²) in [5.74, 6) is 0.772. The molecule has 0 spiro atoms. The summed E-state index contributed by atoms with van der Waals surface area (Å²) in [6, 6.07) is 4.66. The molecule has 4 heteroatoms. The second kappa shape index (κ2) is 8.04. The zero-order valence-corrected chi connectivity index (χ0v) is 14.7. The first-order valence-electron chi connectivity index (χ1n) is 8.04. The number of nitrogens with zero attached hydrogens (tertiary/aromatic N) is 1. The third-order valence-electron chi connectivity index (χ3n) is 4.24. The number of hydrogen-bond acceptors (Lipinski definition) is 3. The number of rotatable bonds is 5. The van der Waals surface area contributed by atoms with Crippen molar-refractivity contribution in [1.29, 1.82) is 0 Å². The van der Waals surface area contributed by atoms with Crippen LogP contribution in [0.15, 0.2) is 16.6 Å². The van der Waals surface area contributed by atoms with Crippen molar-refractivity contribution in [2.45, 2.75) is 58.5 Å². The summed E-state index contributed by atoms with van der Waals surface area (Å²) >= 11 is 3.43. The molecule has 1 saturated heterocycles. The Bertz CT molecular complexity index is 464. The quantitative estimate of drug-likeness (QED) is 0.830. The fourth-order valence-electron chi connectivity index (χ4n) is 3.13. The van der Waals surface area contributed by atoms with E-state index in [1.807, 2.05) is 19.1 Å². The maximum Gasteiger partial charge on any atom is 0.172 e. The van der Waals surface area contributed by atoms with Crippen molar-refractivity contribution in [2.24, 2.45) is 0 Å². The average Bonchev–Trinajstić information content (AvgIpc) is 2.69. The van der Waals surface area contributed by atoms with Crippen molar-refractivity contribution in [2.75, 3.05) is 13.2 Å². The lowest BCUT2D eigenvalue weighted by atomic mass is 10.1. The van der Waals surface area contributed by atoms with Gasteiger partial charge in [0.05, 0.1) is 11.1 Å². The van der Waals surface area contributed by atoms with Crippen LogP contribution in [0.2, 0.25) is 0 Å². The van der Waals surface area contributed by atoms with Crippen molar-refractivity contribution in [3.63, 3.8) is 0 Å². The molecule has 1 aromatic rings. The molecule has 1 heterocycles. The van der Waals surface area contributed by atoms with Crippen LogP contribution in [0.3, 0.4) is 0 Å². The van der Waals surface area contributed by atoms with Gasteiger partial charge in [-0.15, -0.1) is 0 Å². The van der Waals surface area contributed by atoms with Crippen molar-refractivity contribution < 1.29 is 9.84 Å². The minimum Gasteiger partial charge on any atom is -0.503 e. The third-order valence-corrected chi connectivity index (χ3v) is 4.85. The summed E-state index contributed by atoms with van der Waals surface area (Å²) in [5, 5.41) is 10.0. The lowest BCUT2D eigenvalue weighted by molar-refractivity contribution is 0.185. The normalized spacial score (nSPS) is 20.2. The maximum atomic E-state index is 10.0. The van der Waals surface area contributed by atoms with Crippen molar-refractivity contribution in [3.8, 4) is 11.5 Å². The Morgan fingerprint density at radius 1 is 1.29 bits per heavy atom. The summed E-state index contributed by atoms with van der Waals surface area (Å²) in [7, 11) is 0. The lowest BCUT2D eigenvalue weighted by Crippen LogP contribution is -2.33. The van der Waals surface area contributed by atoms with Gasteiger partial charge in [-0.25, -0.2) is 0 Å². The smallest absolute Gasteiger partial charge is 0.172 e. The molecule has 1 aliphatic heterocycles. The summed E-state index contributed by atoms with van der Waals surface area (Å²) in [5.41, 5.74) is 1.20. The highest BCUT2D eigenvalue weighted by Crippen LogP contribution is 2.36. The predicted octanol–water partition coefficient (Wildman–Crippen LogP) is 4.71. The lowest BCUT2D eigenvalue weighted by Gasteiger charge is -2.29. The van der Waals surface area contributed by atoms with Crippen LogP contribution in [0.25, 0.3) is 0 Å². The van der Waals surface area contributed by atoms with Crippen LogP contribution in [-0.2, 0) is 6.54 Å². The van der Waals surface area contributed by atoms with Gasteiger partial charge >= 0.3 is 0 Å². The van der Waals surface area contributed by atoms with Crippen LogP contribution >= 0.6 is 15.9 Å². The van der Waals surface area contributed by atoms with Gasteiger partial charge < -0.3 is 9.84 Å². The second-order valence-electron chi connectivity index (χ2n) is 5.74. The van der Waals surface area contributed by atoms with Crippen LogP contribution in [0.5, 0.6) is 11.5 Å². The molecule has 1 atom stereocenters. The average molecular weight is 356 g/mol. The first-order chi connectivity index (χ1) is 10.2. The van der Waals surface area contributed by atoms with E-state index in [1.54, 1.807) is 0 Å². The molecule has 0 radical (unpaired) electrons. The number of phenols is 1. The summed E-state index contributed by atoms with van der Waals surface area (Å²) in [4.78, 5) is 2.58. The highest BCUT2D eigenvalue weighted by molar-refractivity contribution is 9.10. The molecule has 1 unspecified atom stereocenters. The van der Waals surface area contributed by atoms with Crippen LogP contribution in [-0.4, -0.2) is 29.2 Å². The first kappa shape index (κ1) is 16.6. The molecule has 0 bridgehead atoms. The van der Waals surface area contributed by atoms with Crippen LogP contribution < -0.4 is 4.74 Å². The van der Waals surface area contributed by atoms with Crippen LogP contribution in [0, 0.1) is 0 Å². The van der Waals surface area contributed by atoms with Gasteiger partial charge in [0.1, 0.15) is 0 Å². The fraction of sp³-hybridized carbons (Fsp3) is 0.647. The van der Waals surface area contributed by atoms with Gasteiger partial charge in [0.25, 0.3) is 0 Å². The fourth-order valence-corrected chi connectivity index (χ4v) is 3.62. The number of aromatic hydroxyl groups is 1. The third kappa shape index (κ3) is 4.36. The van der Waals surface area contributed by atoms with E-state index in [-0.39, 0.29) is 5.75 Å². The molecule has 0 aromatic heterocycles. The zero-order chi connectivity index (χ0) is 15.2. The SMILES string of the molecule is CCOc1cc(CN2CCCCCC2CC)cc(Br)c1O. The molecule has 2 rings (SSSR count). The highest BCUT2D eigenvalue weighted by atomic mass is 79.9. The summed E-state index contributed by atoms with van der Waals surface area (Å²) in [6.07, 6.45) is 6.48. The molecule has 0 saturated carbocycles. The molecule has 0 amide bonds. The van der Waals surface area contributed by atoms with E-state index in [2.05, 4.69) is 27.8 Å². The minimum atomic E-state index is 0.198. The van der Waals surface area contributed by atoms with Crippen molar-refractivity contribution in [3.05, 3.63) is 22.2 Å². The first-order valence-corrected chi connectivity index (χ1v) is 8.83. The molecule has 1 fully saturated rings. The predicted molar refractivity (Wildman–Crippen MR) is 89.9 cm³/mol. The Morgan fingerprint density at radius 2 is 2.10 bits per heavy atom. The summed E-state index contributed by atoms with van der Waals surface area (Å²) in [6.45, 7) is 6.87. The molecule has 1 N–H and O–H groups in total. The van der Waals surface area contributed by atoms with Gasteiger partial charge in [-0.1, -0.05) is 19.8 Å². The topological polar surface area (TPSA) is 32.7 Å². The van der Waals surface area contributed by atoms with E-state index in [0.29, 0.717) is 22.9 Å². The van der Waals surface area contributed by atoms with Crippen LogP contribution in [0.1, 0.15) is 51.5 Å². The minimum absolute atomic E-state index is 0.198. The van der Waals surface area contributed by atoms with Gasteiger partial charge in [0.15, 0.2) is 11.5 Å². The molecular formula is C17H26BrNO2. The van der Waals surface area contributed by atoms with Gasteiger partial charge in [-0.2, -0.15) is 0 Å². The molecule has 1 aromatic carbocycles. The van der Waals surface area contributed by atoms with Gasteiger partial charge in [0.2, 0.25) is 0 Å². The molecule has 1 aliphatic rings. The Labute approximate surface area is 136 Å². The van der Waals surface area contributed by atoms with Gasteiger partial charge in [0, 0.05) is 12.6 Å². The summed E-state index contributed by atoms with van der Waals surface area (Å²) < 4.78 is 6.24. The standard InChI is InChI=1S/C17H26BrNO2/c1-3-14-8-6-5-7-9-19(14)12-13-10-15(18)17(20)16(11-13)21-4-2/h10-11,14,20H,3-9,12H2,1-2H3. The monoisotopic (exact) mass is 355 g/mol. The Morgan fingerprint density at radius 3 is 2.81 bits per heavy atom. The van der Waals surface area contributed by atoms with E-state index < -0.39 is 0 Å². The van der Waals surface area contributed by atoms with Crippen LogP contribution in [0.4, 0.5) is 0 Å². The van der Waals surface area contributed by atoms with E-state index in [9.17, 15) is 5.11 Å². The number of ether oxygens (including phenoxy) is 1. The van der Waals surface area contributed by atoms with E-state index in [1.165, 1.54) is 44.2 Å². The van der Waals surface area contributed by atoms with Gasteiger partial charge in [-0.3, -0.25) is 4.90 Å². The number of benzene rings is 1. The Hall–Kier alpha value is -0.740. The Balaban J connectivity index is 2.17. The highest BCUT2D eigenvalue weighted by Gasteiger charge is 2.20. The number of halogens is 1. The van der Waals surface area contributed by atoms with Crippen molar-refractivity contribution >= 4 is 15.9 Å². The largest absolute Gasteiger partial charge is 0.503 e. The van der Waals surface area contributed by atoms with Crippen molar-refractivity contribution in [1.82, 2.24) is 4.90 Å². The number of hydrogen-bond donors (Lipinski definition) is 1. The van der Waals surface area contributed by atoms with E-state index >= 15 is 0 Å². The molecule has 118 valence electrons. The number of phenolic OH excluding ortho intramolecular Hbond substituents is 1. The zero-order valence-electron chi connectivity index (χ0n) is 13.1. The van der Waals surface area contributed by atoms with Gasteiger partial charge in [-0.05, 0) is 66.4 Å². The van der Waals surface area contributed by atoms with E-state index in [0.717, 1.165) is 6.54 Å². The molecular weight excluding hydrogens is 330 g/mol.